The van der Waals surface area contributed by atoms with Gasteiger partial charge in [-0.2, -0.15) is 5.10 Å². The van der Waals surface area contributed by atoms with Crippen LogP contribution in [0, 0.1) is 20.8 Å². The number of rotatable bonds is 8. The van der Waals surface area contributed by atoms with Crippen molar-refractivity contribution in [3.63, 3.8) is 0 Å². The molecule has 1 atom stereocenters. The van der Waals surface area contributed by atoms with Crippen LogP contribution in [0.15, 0.2) is 42.7 Å². The number of carbonyl (C=O) groups is 1. The number of nitrogens with one attached hydrogen (secondary N) is 1. The second kappa shape index (κ2) is 8.87. The molecule has 3 rings (SSSR count). The van der Waals surface area contributed by atoms with E-state index in [0.29, 0.717) is 12.8 Å². The molecule has 2 heterocycles. The molecular weight excluding hydrogens is 350 g/mol. The number of amides is 1. The third-order valence-electron chi connectivity index (χ3n) is 5.38. The molecule has 0 saturated carbocycles. The first kappa shape index (κ1) is 19.9. The molecule has 0 spiro atoms. The Balaban J connectivity index is 1.64. The third kappa shape index (κ3) is 4.68. The van der Waals surface area contributed by atoms with Gasteiger partial charge >= 0.3 is 0 Å². The van der Waals surface area contributed by atoms with E-state index in [9.17, 15) is 4.79 Å². The lowest BCUT2D eigenvalue weighted by Gasteiger charge is -2.20. The SMILES string of the molecule is Cc1nn(C)c(C)c1CCC(=O)NC(CCn1ccnc1C)c1ccccc1. The van der Waals surface area contributed by atoms with Gasteiger partial charge in [0.2, 0.25) is 5.91 Å². The standard InChI is InChI=1S/C22H29N5O/c1-16-20(17(2)26(4)25-16)10-11-22(28)24-21(19-8-6-5-7-9-19)12-14-27-15-13-23-18(27)3/h5-9,13,15,21H,10-12,14H2,1-4H3,(H,24,28). The van der Waals surface area contributed by atoms with E-state index in [1.54, 1.807) is 0 Å². The van der Waals surface area contributed by atoms with Crippen LogP contribution in [0.5, 0.6) is 0 Å². The molecule has 0 saturated heterocycles. The van der Waals surface area contributed by atoms with Gasteiger partial charge in [-0.1, -0.05) is 30.3 Å². The van der Waals surface area contributed by atoms with Gasteiger partial charge in [0.1, 0.15) is 5.82 Å². The second-order valence-corrected chi connectivity index (χ2v) is 7.26. The number of benzene rings is 1. The van der Waals surface area contributed by atoms with Crippen molar-refractivity contribution in [2.75, 3.05) is 0 Å². The molecule has 148 valence electrons. The van der Waals surface area contributed by atoms with E-state index in [-0.39, 0.29) is 11.9 Å². The number of aromatic nitrogens is 4. The highest BCUT2D eigenvalue weighted by Crippen LogP contribution is 2.19. The van der Waals surface area contributed by atoms with E-state index in [2.05, 4.69) is 32.1 Å². The van der Waals surface area contributed by atoms with Crippen molar-refractivity contribution in [1.29, 1.82) is 0 Å². The fraction of sp³-hybridized carbons (Fsp3) is 0.409. The molecule has 0 radical (unpaired) electrons. The first-order chi connectivity index (χ1) is 13.5. The quantitative estimate of drug-likeness (QED) is 0.652. The summed E-state index contributed by atoms with van der Waals surface area (Å²) >= 11 is 0. The summed E-state index contributed by atoms with van der Waals surface area (Å²) < 4.78 is 3.99. The molecule has 0 fully saturated rings. The number of hydrogen-bond acceptors (Lipinski definition) is 3. The van der Waals surface area contributed by atoms with Crippen LogP contribution >= 0.6 is 0 Å². The normalized spacial score (nSPS) is 12.1. The van der Waals surface area contributed by atoms with Gasteiger partial charge in [0.05, 0.1) is 11.7 Å². The molecule has 1 aromatic carbocycles. The molecule has 0 aliphatic carbocycles. The van der Waals surface area contributed by atoms with Crippen molar-refractivity contribution in [1.82, 2.24) is 24.6 Å². The Hall–Kier alpha value is -2.89. The van der Waals surface area contributed by atoms with Gasteiger partial charge < -0.3 is 9.88 Å². The average Bonchev–Trinajstić information content (AvgIpc) is 3.20. The zero-order valence-corrected chi connectivity index (χ0v) is 17.1. The summed E-state index contributed by atoms with van der Waals surface area (Å²) in [5, 5.41) is 7.67. The highest BCUT2D eigenvalue weighted by molar-refractivity contribution is 5.76. The lowest BCUT2D eigenvalue weighted by Crippen LogP contribution is -2.29. The highest BCUT2D eigenvalue weighted by atomic mass is 16.1. The summed E-state index contributed by atoms with van der Waals surface area (Å²) in [6, 6.07) is 10.1. The van der Waals surface area contributed by atoms with Crippen molar-refractivity contribution in [3.8, 4) is 0 Å². The lowest BCUT2D eigenvalue weighted by molar-refractivity contribution is -0.121. The largest absolute Gasteiger partial charge is 0.349 e. The van der Waals surface area contributed by atoms with Crippen molar-refractivity contribution in [2.45, 2.75) is 52.6 Å². The molecule has 1 N–H and O–H groups in total. The molecule has 0 aliphatic rings. The Morgan fingerprint density at radius 2 is 1.93 bits per heavy atom. The minimum Gasteiger partial charge on any atom is -0.349 e. The van der Waals surface area contributed by atoms with Crippen molar-refractivity contribution in [2.24, 2.45) is 7.05 Å². The zero-order valence-electron chi connectivity index (χ0n) is 17.1. The molecule has 0 aliphatic heterocycles. The molecule has 6 nitrogen and oxygen atoms in total. The molecule has 0 bridgehead atoms. The Morgan fingerprint density at radius 3 is 2.54 bits per heavy atom. The number of imidazole rings is 1. The van der Waals surface area contributed by atoms with Crippen molar-refractivity contribution in [3.05, 3.63) is 71.1 Å². The third-order valence-corrected chi connectivity index (χ3v) is 5.38. The Morgan fingerprint density at radius 1 is 1.18 bits per heavy atom. The molecular formula is C22H29N5O. The summed E-state index contributed by atoms with van der Waals surface area (Å²) in [7, 11) is 1.94. The minimum absolute atomic E-state index is 0.0217. The van der Waals surface area contributed by atoms with Crippen LogP contribution < -0.4 is 5.32 Å². The monoisotopic (exact) mass is 379 g/mol. The molecule has 28 heavy (non-hydrogen) atoms. The van der Waals surface area contributed by atoms with Crippen LogP contribution in [0.25, 0.3) is 0 Å². The second-order valence-electron chi connectivity index (χ2n) is 7.26. The van der Waals surface area contributed by atoms with Gasteiger partial charge in [0, 0.05) is 38.1 Å². The summed E-state index contributed by atoms with van der Waals surface area (Å²) in [5.74, 6) is 1.06. The number of hydrogen-bond donors (Lipinski definition) is 1. The maximum Gasteiger partial charge on any atom is 0.220 e. The summed E-state index contributed by atoms with van der Waals surface area (Å²) in [4.78, 5) is 17.0. The van der Waals surface area contributed by atoms with Crippen LogP contribution in [0.4, 0.5) is 0 Å². The molecule has 1 amide bonds. The van der Waals surface area contributed by atoms with E-state index in [4.69, 9.17) is 0 Å². The van der Waals surface area contributed by atoms with E-state index in [1.807, 2.05) is 63.1 Å². The number of carbonyl (C=O) groups excluding carboxylic acids is 1. The summed E-state index contributed by atoms with van der Waals surface area (Å²) in [5.41, 5.74) is 4.42. The Labute approximate surface area is 166 Å². The maximum atomic E-state index is 12.7. The van der Waals surface area contributed by atoms with Crippen LogP contribution in [0.3, 0.4) is 0 Å². The molecule has 1 unspecified atom stereocenters. The Kier molecular flexibility index (Phi) is 6.29. The average molecular weight is 380 g/mol. The fourth-order valence-corrected chi connectivity index (χ4v) is 3.60. The smallest absolute Gasteiger partial charge is 0.220 e. The van der Waals surface area contributed by atoms with Gasteiger partial charge in [-0.15, -0.1) is 0 Å². The van der Waals surface area contributed by atoms with Gasteiger partial charge in [0.15, 0.2) is 0 Å². The van der Waals surface area contributed by atoms with Gasteiger partial charge in [0.25, 0.3) is 0 Å². The van der Waals surface area contributed by atoms with Gasteiger partial charge in [-0.05, 0) is 44.7 Å². The van der Waals surface area contributed by atoms with Crippen LogP contribution in [-0.4, -0.2) is 25.2 Å². The van der Waals surface area contributed by atoms with E-state index < -0.39 is 0 Å². The zero-order chi connectivity index (χ0) is 20.1. The maximum absolute atomic E-state index is 12.7. The number of aryl methyl sites for hydroxylation is 4. The predicted molar refractivity (Wildman–Crippen MR) is 110 cm³/mol. The number of nitrogens with zero attached hydrogens (tertiary/aromatic N) is 4. The van der Waals surface area contributed by atoms with Crippen LogP contribution in [0.1, 0.15) is 47.2 Å². The summed E-state index contributed by atoms with van der Waals surface area (Å²) in [6.45, 7) is 6.86. The van der Waals surface area contributed by atoms with Crippen molar-refractivity contribution >= 4 is 5.91 Å². The van der Waals surface area contributed by atoms with E-state index >= 15 is 0 Å². The minimum atomic E-state index is -0.0217. The topological polar surface area (TPSA) is 64.7 Å². The van der Waals surface area contributed by atoms with E-state index in [1.165, 1.54) is 5.56 Å². The van der Waals surface area contributed by atoms with Crippen LogP contribution in [-0.2, 0) is 24.8 Å². The summed E-state index contributed by atoms with van der Waals surface area (Å²) in [6.07, 6.45) is 5.77. The fourth-order valence-electron chi connectivity index (χ4n) is 3.60. The first-order valence-corrected chi connectivity index (χ1v) is 9.77. The van der Waals surface area contributed by atoms with Crippen molar-refractivity contribution < 1.29 is 4.79 Å². The predicted octanol–water partition coefficient (Wildman–Crippen LogP) is 3.42. The molecule has 6 heteroatoms. The molecule has 3 aromatic rings. The van der Waals surface area contributed by atoms with E-state index in [0.717, 1.165) is 35.7 Å². The van der Waals surface area contributed by atoms with Gasteiger partial charge in [-0.3, -0.25) is 9.48 Å². The lowest BCUT2D eigenvalue weighted by atomic mass is 10.0. The van der Waals surface area contributed by atoms with Crippen LogP contribution in [0.2, 0.25) is 0 Å². The molecule has 2 aromatic heterocycles. The first-order valence-electron chi connectivity index (χ1n) is 9.77. The van der Waals surface area contributed by atoms with Gasteiger partial charge in [-0.25, -0.2) is 4.98 Å². The highest BCUT2D eigenvalue weighted by Gasteiger charge is 2.17. The Bertz CT molecular complexity index is 926.